The van der Waals surface area contributed by atoms with E-state index >= 15 is 0 Å². The summed E-state index contributed by atoms with van der Waals surface area (Å²) in [6.45, 7) is 2.64. The van der Waals surface area contributed by atoms with Crippen molar-refractivity contribution in [1.82, 2.24) is 10.1 Å². The number of hydrogen-bond donors (Lipinski definition) is 0. The van der Waals surface area contributed by atoms with Crippen LogP contribution in [-0.2, 0) is 10.3 Å². The van der Waals surface area contributed by atoms with E-state index in [0.717, 1.165) is 25.7 Å². The number of halogens is 1. The smallest absolute Gasteiger partial charge is 0.320 e. The van der Waals surface area contributed by atoms with Crippen LogP contribution in [0.15, 0.2) is 4.52 Å². The highest BCUT2D eigenvalue weighted by Crippen LogP contribution is 2.39. The van der Waals surface area contributed by atoms with Gasteiger partial charge < -0.3 is 9.26 Å². The Labute approximate surface area is 93.9 Å². The molecule has 15 heavy (non-hydrogen) atoms. The molecule has 0 aromatic carbocycles. The maximum atomic E-state index is 5.83. The monoisotopic (exact) mass is 230 g/mol. The third-order valence-corrected chi connectivity index (χ3v) is 3.04. The predicted octanol–water partition coefficient (Wildman–Crippen LogP) is 2.92. The van der Waals surface area contributed by atoms with E-state index in [-0.39, 0.29) is 11.0 Å². The molecular weight excluding hydrogens is 216 g/mol. The van der Waals surface area contributed by atoms with Crippen LogP contribution in [0.25, 0.3) is 0 Å². The number of nitrogens with zero attached hydrogens (tertiary/aromatic N) is 2. The normalized spacial score (nSPS) is 20.4. The fourth-order valence-corrected chi connectivity index (χ4v) is 2.34. The Morgan fingerprint density at radius 2 is 2.13 bits per heavy atom. The van der Waals surface area contributed by atoms with E-state index in [1.165, 1.54) is 6.42 Å². The predicted molar refractivity (Wildman–Crippen MR) is 55.7 cm³/mol. The molecule has 0 aliphatic heterocycles. The van der Waals surface area contributed by atoms with Crippen LogP contribution in [-0.4, -0.2) is 16.7 Å². The van der Waals surface area contributed by atoms with Crippen LogP contribution < -0.4 is 0 Å². The zero-order chi connectivity index (χ0) is 10.7. The Morgan fingerprint density at radius 1 is 1.40 bits per heavy atom. The molecule has 0 saturated heterocycles. The molecule has 0 radical (unpaired) electrons. The van der Waals surface area contributed by atoms with Gasteiger partial charge in [-0.3, -0.25) is 0 Å². The highest BCUT2D eigenvalue weighted by Gasteiger charge is 2.39. The molecule has 1 aliphatic rings. The second-order valence-electron chi connectivity index (χ2n) is 3.86. The second-order valence-corrected chi connectivity index (χ2v) is 4.18. The maximum Gasteiger partial charge on any atom is 0.320 e. The lowest BCUT2D eigenvalue weighted by atomic mass is 9.84. The van der Waals surface area contributed by atoms with Crippen molar-refractivity contribution in [2.75, 3.05) is 6.61 Å². The first kappa shape index (κ1) is 10.9. The second kappa shape index (κ2) is 4.49. The lowest BCUT2D eigenvalue weighted by Crippen LogP contribution is -2.33. The minimum Gasteiger partial charge on any atom is -0.367 e. The van der Waals surface area contributed by atoms with Crippen molar-refractivity contribution in [2.24, 2.45) is 0 Å². The van der Waals surface area contributed by atoms with Gasteiger partial charge in [0.15, 0.2) is 0 Å². The summed E-state index contributed by atoms with van der Waals surface area (Å²) in [6, 6.07) is 0. The highest BCUT2D eigenvalue weighted by atomic mass is 35.5. The number of rotatable bonds is 3. The Hall–Kier alpha value is -0.610. The van der Waals surface area contributed by atoms with Gasteiger partial charge in [0.1, 0.15) is 5.60 Å². The minimum atomic E-state index is -0.357. The number of hydrogen-bond acceptors (Lipinski definition) is 4. The number of aromatic nitrogens is 2. The number of ether oxygens (including phenoxy) is 1. The van der Waals surface area contributed by atoms with Crippen molar-refractivity contribution in [3.63, 3.8) is 0 Å². The van der Waals surface area contributed by atoms with Gasteiger partial charge in [-0.1, -0.05) is 24.4 Å². The molecule has 84 valence electrons. The van der Waals surface area contributed by atoms with Gasteiger partial charge in [0.2, 0.25) is 5.82 Å². The molecule has 5 heteroatoms. The summed E-state index contributed by atoms with van der Waals surface area (Å²) >= 11 is 5.65. The molecule has 0 bridgehead atoms. The maximum absolute atomic E-state index is 5.83. The Morgan fingerprint density at radius 3 is 2.67 bits per heavy atom. The van der Waals surface area contributed by atoms with Crippen molar-refractivity contribution >= 4 is 11.6 Å². The van der Waals surface area contributed by atoms with Crippen LogP contribution >= 0.6 is 11.6 Å². The van der Waals surface area contributed by atoms with Crippen LogP contribution in [0.4, 0.5) is 0 Å². The van der Waals surface area contributed by atoms with Crippen molar-refractivity contribution < 1.29 is 9.26 Å². The van der Waals surface area contributed by atoms with E-state index in [1.807, 2.05) is 6.92 Å². The Balaban J connectivity index is 2.24. The van der Waals surface area contributed by atoms with Crippen molar-refractivity contribution in [3.05, 3.63) is 11.2 Å². The zero-order valence-corrected chi connectivity index (χ0v) is 9.59. The Bertz CT molecular complexity index is 315. The van der Waals surface area contributed by atoms with Gasteiger partial charge in [0.25, 0.3) is 0 Å². The average Bonchev–Trinajstić information content (AvgIpc) is 2.67. The van der Waals surface area contributed by atoms with Crippen molar-refractivity contribution in [3.8, 4) is 0 Å². The summed E-state index contributed by atoms with van der Waals surface area (Å²) in [4.78, 5) is 4.09. The van der Waals surface area contributed by atoms with Gasteiger partial charge in [-0.05, 0) is 31.4 Å². The van der Waals surface area contributed by atoms with Crippen molar-refractivity contribution in [2.45, 2.75) is 44.6 Å². The van der Waals surface area contributed by atoms with E-state index in [0.29, 0.717) is 12.4 Å². The first-order valence-corrected chi connectivity index (χ1v) is 5.78. The van der Waals surface area contributed by atoms with Crippen LogP contribution in [0.2, 0.25) is 5.35 Å². The topological polar surface area (TPSA) is 48.2 Å². The van der Waals surface area contributed by atoms with Crippen LogP contribution in [0.1, 0.15) is 44.9 Å². The lowest BCUT2D eigenvalue weighted by molar-refractivity contribution is -0.0777. The van der Waals surface area contributed by atoms with Crippen molar-refractivity contribution in [1.29, 1.82) is 0 Å². The van der Waals surface area contributed by atoms with Crippen LogP contribution in [0, 0.1) is 0 Å². The fraction of sp³-hybridized carbons (Fsp3) is 0.800. The van der Waals surface area contributed by atoms with Gasteiger partial charge >= 0.3 is 5.35 Å². The molecule has 0 spiro atoms. The molecule has 1 heterocycles. The van der Waals surface area contributed by atoms with E-state index < -0.39 is 0 Å². The third kappa shape index (κ3) is 2.16. The third-order valence-electron chi connectivity index (χ3n) is 2.89. The molecule has 0 atom stereocenters. The highest BCUT2D eigenvalue weighted by molar-refractivity contribution is 6.27. The van der Waals surface area contributed by atoms with Gasteiger partial charge in [0, 0.05) is 6.61 Å². The molecule has 2 rings (SSSR count). The van der Waals surface area contributed by atoms with E-state index in [4.69, 9.17) is 20.9 Å². The SMILES string of the molecule is CCOC1(c2noc(Cl)n2)CCCCC1. The van der Waals surface area contributed by atoms with E-state index in [1.54, 1.807) is 0 Å². The Kier molecular flexibility index (Phi) is 3.26. The van der Waals surface area contributed by atoms with E-state index in [2.05, 4.69) is 10.1 Å². The molecular formula is C10H15ClN2O2. The summed E-state index contributed by atoms with van der Waals surface area (Å²) in [5.41, 5.74) is -0.357. The summed E-state index contributed by atoms with van der Waals surface area (Å²) in [5.74, 6) is 0.606. The summed E-state index contributed by atoms with van der Waals surface area (Å²) < 4.78 is 10.6. The summed E-state index contributed by atoms with van der Waals surface area (Å²) in [6.07, 6.45) is 5.45. The molecule has 1 aromatic heterocycles. The summed E-state index contributed by atoms with van der Waals surface area (Å²) in [5, 5.41) is 3.98. The fourth-order valence-electron chi connectivity index (χ4n) is 2.22. The largest absolute Gasteiger partial charge is 0.367 e. The standard InChI is InChI=1S/C10H15ClN2O2/c1-2-14-10(6-4-3-5-7-10)8-12-9(11)15-13-8/h2-7H2,1H3. The van der Waals surface area contributed by atoms with E-state index in [9.17, 15) is 0 Å². The first-order chi connectivity index (χ1) is 7.27. The molecule has 1 aliphatic carbocycles. The zero-order valence-electron chi connectivity index (χ0n) is 8.83. The molecule has 0 amide bonds. The summed E-state index contributed by atoms with van der Waals surface area (Å²) in [7, 11) is 0. The molecule has 1 saturated carbocycles. The lowest BCUT2D eigenvalue weighted by Gasteiger charge is -2.33. The quantitative estimate of drug-likeness (QED) is 0.801. The van der Waals surface area contributed by atoms with Crippen LogP contribution in [0.5, 0.6) is 0 Å². The molecule has 0 unspecified atom stereocenters. The minimum absolute atomic E-state index is 0.0923. The van der Waals surface area contributed by atoms with Gasteiger partial charge in [-0.2, -0.15) is 4.98 Å². The average molecular weight is 231 g/mol. The van der Waals surface area contributed by atoms with Gasteiger partial charge in [-0.15, -0.1) is 0 Å². The molecule has 0 N–H and O–H groups in total. The van der Waals surface area contributed by atoms with Gasteiger partial charge in [-0.25, -0.2) is 0 Å². The first-order valence-electron chi connectivity index (χ1n) is 5.40. The molecule has 1 fully saturated rings. The molecule has 4 nitrogen and oxygen atoms in total. The van der Waals surface area contributed by atoms with Crippen LogP contribution in [0.3, 0.4) is 0 Å². The molecule has 1 aromatic rings. The van der Waals surface area contributed by atoms with Gasteiger partial charge in [0.05, 0.1) is 0 Å².